The van der Waals surface area contributed by atoms with Gasteiger partial charge < -0.3 is 21.1 Å². The first-order valence-electron chi connectivity index (χ1n) is 12.4. The number of hydrogen-bond acceptors (Lipinski definition) is 7. The highest BCUT2D eigenvalue weighted by Gasteiger charge is 2.18. The fourth-order valence-electron chi connectivity index (χ4n) is 4.14. The van der Waals surface area contributed by atoms with Crippen LogP contribution in [-0.2, 0) is 22.4 Å². The molecule has 0 saturated carbocycles. The lowest BCUT2D eigenvalue weighted by Gasteiger charge is -2.17. The molecule has 0 aliphatic carbocycles. The first-order valence-corrected chi connectivity index (χ1v) is 12.4. The molecule has 0 spiro atoms. The Bertz CT molecular complexity index is 1150. The lowest BCUT2D eigenvalue weighted by atomic mass is 10.1. The van der Waals surface area contributed by atoms with E-state index < -0.39 is 12.0 Å². The minimum atomic E-state index is -1.02. The van der Waals surface area contributed by atoms with Gasteiger partial charge in [0.25, 0.3) is 0 Å². The van der Waals surface area contributed by atoms with E-state index in [1.54, 1.807) is 12.4 Å². The molecular formula is C27H32N6O3. The number of aromatic nitrogens is 3. The lowest BCUT2D eigenvalue weighted by molar-refractivity contribution is -0.138. The van der Waals surface area contributed by atoms with Crippen molar-refractivity contribution in [2.24, 2.45) is 0 Å². The number of pyridine rings is 1. The quantitative estimate of drug-likeness (QED) is 0.284. The van der Waals surface area contributed by atoms with E-state index in [9.17, 15) is 14.7 Å². The summed E-state index contributed by atoms with van der Waals surface area (Å²) in [6.07, 6.45) is 8.59. The van der Waals surface area contributed by atoms with Crippen LogP contribution in [0.5, 0.6) is 0 Å². The molecule has 9 heteroatoms. The summed E-state index contributed by atoms with van der Waals surface area (Å²) >= 11 is 0. The highest BCUT2D eigenvalue weighted by molar-refractivity contribution is 5.77. The van der Waals surface area contributed by atoms with Crippen molar-refractivity contribution < 1.29 is 14.7 Å². The zero-order valence-corrected chi connectivity index (χ0v) is 20.2. The average Bonchev–Trinajstić information content (AvgIpc) is 2.91. The number of carboxylic acid groups (broad SMARTS) is 1. The number of hydrogen-bond donors (Lipinski definition) is 4. The normalized spacial score (nSPS) is 13.2. The smallest absolute Gasteiger partial charge is 0.326 e. The largest absolute Gasteiger partial charge is 0.480 e. The van der Waals surface area contributed by atoms with Crippen LogP contribution in [-0.4, -0.2) is 51.1 Å². The van der Waals surface area contributed by atoms with Crippen LogP contribution in [0, 0.1) is 0 Å². The van der Waals surface area contributed by atoms with Gasteiger partial charge in [0.1, 0.15) is 11.9 Å². The Hall–Kier alpha value is -4.01. The van der Waals surface area contributed by atoms with Gasteiger partial charge in [0, 0.05) is 43.2 Å². The summed E-state index contributed by atoms with van der Waals surface area (Å²) in [6, 6.07) is 13.0. The highest BCUT2D eigenvalue weighted by Crippen LogP contribution is 2.20. The van der Waals surface area contributed by atoms with E-state index in [4.69, 9.17) is 0 Å². The van der Waals surface area contributed by atoms with Gasteiger partial charge in [-0.05, 0) is 55.7 Å². The van der Waals surface area contributed by atoms with Crippen LogP contribution < -0.4 is 16.0 Å². The maximum absolute atomic E-state index is 12.2. The lowest BCUT2D eigenvalue weighted by Crippen LogP contribution is -2.35. The van der Waals surface area contributed by atoms with Crippen molar-refractivity contribution in [1.29, 1.82) is 0 Å². The molecule has 1 amide bonds. The summed E-state index contributed by atoms with van der Waals surface area (Å²) in [4.78, 5) is 37.0. The van der Waals surface area contributed by atoms with Gasteiger partial charge >= 0.3 is 5.97 Å². The summed E-state index contributed by atoms with van der Waals surface area (Å²) in [5, 5.41) is 18.5. The third-order valence-electron chi connectivity index (χ3n) is 6.15. The number of aryl methyl sites for hydroxylation is 2. The molecule has 0 saturated heterocycles. The molecular weight excluding hydrogens is 456 g/mol. The molecule has 0 bridgehead atoms. The predicted molar refractivity (Wildman–Crippen MR) is 139 cm³/mol. The monoisotopic (exact) mass is 488 g/mol. The summed E-state index contributed by atoms with van der Waals surface area (Å²) in [7, 11) is 0. The fourth-order valence-corrected chi connectivity index (χ4v) is 4.14. The van der Waals surface area contributed by atoms with Crippen LogP contribution in [0.15, 0.2) is 54.9 Å². The number of benzene rings is 1. The van der Waals surface area contributed by atoms with E-state index >= 15 is 0 Å². The fraction of sp³-hybridized carbons (Fsp3) is 0.370. The summed E-state index contributed by atoms with van der Waals surface area (Å²) in [5.41, 5.74) is 4.14. The third-order valence-corrected chi connectivity index (χ3v) is 6.15. The minimum absolute atomic E-state index is 0.0809. The van der Waals surface area contributed by atoms with Gasteiger partial charge in [-0.2, -0.15) is 0 Å². The molecule has 3 aromatic rings. The van der Waals surface area contributed by atoms with Crippen molar-refractivity contribution in [3.05, 3.63) is 66.1 Å². The first-order chi connectivity index (χ1) is 17.6. The van der Waals surface area contributed by atoms with Gasteiger partial charge in [-0.15, -0.1) is 0 Å². The zero-order chi connectivity index (χ0) is 25.2. The maximum atomic E-state index is 12.2. The van der Waals surface area contributed by atoms with Crippen molar-refractivity contribution in [3.8, 4) is 11.1 Å². The van der Waals surface area contributed by atoms with Crippen molar-refractivity contribution in [3.63, 3.8) is 0 Å². The number of carbonyl (C=O) groups excluding carboxylic acids is 1. The highest BCUT2D eigenvalue weighted by atomic mass is 16.4. The van der Waals surface area contributed by atoms with Gasteiger partial charge in [0.2, 0.25) is 11.9 Å². The Kier molecular flexibility index (Phi) is 8.80. The van der Waals surface area contributed by atoms with E-state index in [1.165, 1.54) is 5.56 Å². The summed E-state index contributed by atoms with van der Waals surface area (Å²) in [6.45, 7) is 1.22. The number of aliphatic carboxylic acids is 1. The molecule has 1 aromatic carbocycles. The molecule has 2 aromatic heterocycles. The van der Waals surface area contributed by atoms with Gasteiger partial charge in [0.05, 0.1) is 0 Å². The van der Waals surface area contributed by atoms with Gasteiger partial charge in [-0.25, -0.2) is 19.7 Å². The van der Waals surface area contributed by atoms with E-state index in [0.717, 1.165) is 61.3 Å². The number of anilines is 2. The number of carbonyl (C=O) groups is 2. The SMILES string of the molecule is O=C(CCCCc1ccc2c(n1)NCCC2)NCCC(Nc1ncc(-c2ccccc2)cn1)C(=O)O. The summed E-state index contributed by atoms with van der Waals surface area (Å²) in [5.74, 6) is 0.129. The number of amides is 1. The third kappa shape index (κ3) is 7.24. The molecule has 4 N–H and O–H groups in total. The summed E-state index contributed by atoms with van der Waals surface area (Å²) < 4.78 is 0. The number of carboxylic acids is 1. The van der Waals surface area contributed by atoms with Crippen molar-refractivity contribution in [1.82, 2.24) is 20.3 Å². The Balaban J connectivity index is 1.15. The van der Waals surface area contributed by atoms with Crippen molar-refractivity contribution in [2.75, 3.05) is 23.7 Å². The molecule has 1 unspecified atom stereocenters. The van der Waals surface area contributed by atoms with Crippen LogP contribution in [0.1, 0.15) is 43.4 Å². The molecule has 0 fully saturated rings. The van der Waals surface area contributed by atoms with Crippen LogP contribution in [0.3, 0.4) is 0 Å². The van der Waals surface area contributed by atoms with Gasteiger partial charge in [-0.3, -0.25) is 4.79 Å². The van der Waals surface area contributed by atoms with Gasteiger partial charge in [0.15, 0.2) is 0 Å². The van der Waals surface area contributed by atoms with Crippen LogP contribution >= 0.6 is 0 Å². The second-order valence-electron chi connectivity index (χ2n) is 8.88. The Morgan fingerprint density at radius 1 is 1.03 bits per heavy atom. The molecule has 3 heterocycles. The molecule has 1 aliphatic rings. The molecule has 188 valence electrons. The topological polar surface area (TPSA) is 129 Å². The van der Waals surface area contributed by atoms with Crippen molar-refractivity contribution >= 4 is 23.6 Å². The van der Waals surface area contributed by atoms with Gasteiger partial charge in [-0.1, -0.05) is 36.4 Å². The molecule has 0 radical (unpaired) electrons. The van der Waals surface area contributed by atoms with E-state index in [2.05, 4.69) is 43.0 Å². The Morgan fingerprint density at radius 3 is 2.61 bits per heavy atom. The van der Waals surface area contributed by atoms with Crippen molar-refractivity contribution in [2.45, 2.75) is 51.0 Å². The first kappa shape index (κ1) is 25.1. The van der Waals surface area contributed by atoms with E-state index in [0.29, 0.717) is 6.42 Å². The molecule has 4 rings (SSSR count). The van der Waals surface area contributed by atoms with E-state index in [1.807, 2.05) is 30.3 Å². The molecule has 1 aliphatic heterocycles. The standard InChI is InChI=1S/C27H32N6O3/c34-24(11-5-4-10-22-13-12-20-9-6-15-29-25(20)32-22)28-16-14-23(26(35)36)33-27-30-17-21(18-31-27)19-7-2-1-3-8-19/h1-3,7-8,12-13,17-18,23H,4-6,9-11,14-16H2,(H,28,34)(H,29,32)(H,35,36)(H,30,31,33). The molecule has 36 heavy (non-hydrogen) atoms. The van der Waals surface area contributed by atoms with Crippen LogP contribution in [0.4, 0.5) is 11.8 Å². The zero-order valence-electron chi connectivity index (χ0n) is 20.2. The second kappa shape index (κ2) is 12.6. The Morgan fingerprint density at radius 2 is 1.83 bits per heavy atom. The molecule has 9 nitrogen and oxygen atoms in total. The molecule has 1 atom stereocenters. The van der Waals surface area contributed by atoms with E-state index in [-0.39, 0.29) is 24.8 Å². The minimum Gasteiger partial charge on any atom is -0.480 e. The Labute approximate surface area is 210 Å². The predicted octanol–water partition coefficient (Wildman–Crippen LogP) is 3.68. The number of fused-ring (bicyclic) bond motifs is 1. The number of unbranched alkanes of at least 4 members (excludes halogenated alkanes) is 1. The number of nitrogens with one attached hydrogen (secondary N) is 3. The van der Waals surface area contributed by atoms with Crippen LogP contribution in [0.2, 0.25) is 0 Å². The average molecular weight is 489 g/mol. The number of rotatable bonds is 12. The van der Waals surface area contributed by atoms with Crippen LogP contribution in [0.25, 0.3) is 11.1 Å². The maximum Gasteiger partial charge on any atom is 0.326 e. The second-order valence-corrected chi connectivity index (χ2v) is 8.88. The number of nitrogens with zero attached hydrogens (tertiary/aromatic N) is 3.